The van der Waals surface area contributed by atoms with Gasteiger partial charge in [0.1, 0.15) is 0 Å². The Bertz CT molecular complexity index is 301. The zero-order valence-corrected chi connectivity index (χ0v) is 12.4. The maximum Gasteiger partial charge on any atom is 0.310 e. The zero-order chi connectivity index (χ0) is 14.5. The van der Waals surface area contributed by atoms with Crippen LogP contribution in [-0.4, -0.2) is 23.0 Å². The van der Waals surface area contributed by atoms with Gasteiger partial charge in [0.25, 0.3) is 0 Å². The van der Waals surface area contributed by atoms with Gasteiger partial charge in [0.2, 0.25) is 5.91 Å². The number of carbonyl (C=O) groups is 2. The summed E-state index contributed by atoms with van der Waals surface area (Å²) >= 11 is 0. The molecule has 0 radical (unpaired) electrons. The molecule has 0 aliphatic heterocycles. The summed E-state index contributed by atoms with van der Waals surface area (Å²) in [6, 6.07) is 0.0766. The van der Waals surface area contributed by atoms with Crippen LogP contribution in [0, 0.1) is 17.3 Å². The van der Waals surface area contributed by atoms with Crippen molar-refractivity contribution < 1.29 is 14.7 Å². The maximum atomic E-state index is 11.9. The number of aliphatic carboxylic acids is 1. The molecule has 0 aliphatic rings. The van der Waals surface area contributed by atoms with E-state index in [-0.39, 0.29) is 24.3 Å². The van der Waals surface area contributed by atoms with Crippen LogP contribution in [0.4, 0.5) is 0 Å². The van der Waals surface area contributed by atoms with Gasteiger partial charge in [0.05, 0.1) is 5.41 Å². The summed E-state index contributed by atoms with van der Waals surface area (Å²) in [5.41, 5.74) is -1.00. The third-order valence-corrected chi connectivity index (χ3v) is 4.18. The van der Waals surface area contributed by atoms with Gasteiger partial charge in [-0.05, 0) is 25.7 Å². The SMILES string of the molecule is CCC(C)C(C)NC(=O)CC(C)(C(=O)O)C(C)C. The number of hydrogen-bond acceptors (Lipinski definition) is 2. The predicted molar refractivity (Wildman–Crippen MR) is 72.3 cm³/mol. The van der Waals surface area contributed by atoms with E-state index >= 15 is 0 Å². The van der Waals surface area contributed by atoms with E-state index in [4.69, 9.17) is 0 Å². The van der Waals surface area contributed by atoms with Crippen molar-refractivity contribution in [1.29, 1.82) is 0 Å². The fourth-order valence-electron chi connectivity index (χ4n) is 1.66. The van der Waals surface area contributed by atoms with Crippen molar-refractivity contribution in [3.05, 3.63) is 0 Å². The number of amides is 1. The fourth-order valence-corrected chi connectivity index (χ4v) is 1.66. The van der Waals surface area contributed by atoms with Crippen molar-refractivity contribution in [3.8, 4) is 0 Å². The Morgan fingerprint density at radius 3 is 2.06 bits per heavy atom. The number of nitrogens with one attached hydrogen (secondary N) is 1. The highest BCUT2D eigenvalue weighted by Gasteiger charge is 2.39. The number of carboxylic acid groups (broad SMARTS) is 1. The molecule has 0 rings (SSSR count). The van der Waals surface area contributed by atoms with Gasteiger partial charge in [-0.2, -0.15) is 0 Å². The molecule has 1 amide bonds. The second kappa shape index (κ2) is 6.76. The van der Waals surface area contributed by atoms with Gasteiger partial charge in [-0.25, -0.2) is 0 Å². The minimum Gasteiger partial charge on any atom is -0.481 e. The van der Waals surface area contributed by atoms with Crippen LogP contribution in [-0.2, 0) is 9.59 Å². The van der Waals surface area contributed by atoms with E-state index in [1.807, 2.05) is 20.8 Å². The van der Waals surface area contributed by atoms with Crippen molar-refractivity contribution in [2.75, 3.05) is 0 Å². The zero-order valence-electron chi connectivity index (χ0n) is 12.4. The summed E-state index contributed by atoms with van der Waals surface area (Å²) in [5.74, 6) is -0.783. The van der Waals surface area contributed by atoms with Crippen LogP contribution in [0.25, 0.3) is 0 Å². The molecule has 3 unspecified atom stereocenters. The predicted octanol–water partition coefficient (Wildman–Crippen LogP) is 2.67. The molecule has 0 saturated carbocycles. The molecule has 3 atom stereocenters. The Morgan fingerprint density at radius 1 is 1.22 bits per heavy atom. The van der Waals surface area contributed by atoms with E-state index in [0.29, 0.717) is 5.92 Å². The van der Waals surface area contributed by atoms with Crippen LogP contribution in [0.2, 0.25) is 0 Å². The highest BCUT2D eigenvalue weighted by atomic mass is 16.4. The minimum atomic E-state index is -1.00. The standard InChI is InChI=1S/C14H27NO3/c1-7-10(4)11(5)15-12(16)8-14(6,9(2)3)13(17)18/h9-11H,7-8H2,1-6H3,(H,15,16)(H,17,18). The molecular weight excluding hydrogens is 230 g/mol. The van der Waals surface area contributed by atoms with Gasteiger partial charge < -0.3 is 10.4 Å². The summed E-state index contributed by atoms with van der Waals surface area (Å²) in [6.45, 7) is 11.4. The van der Waals surface area contributed by atoms with Crippen LogP contribution in [0.15, 0.2) is 0 Å². The van der Waals surface area contributed by atoms with Crippen molar-refractivity contribution in [2.24, 2.45) is 17.3 Å². The molecule has 18 heavy (non-hydrogen) atoms. The smallest absolute Gasteiger partial charge is 0.310 e. The van der Waals surface area contributed by atoms with Gasteiger partial charge in [-0.1, -0.05) is 34.1 Å². The molecule has 0 aliphatic carbocycles. The average Bonchev–Trinajstić information content (AvgIpc) is 2.26. The highest BCUT2D eigenvalue weighted by molar-refractivity contribution is 5.85. The summed E-state index contributed by atoms with van der Waals surface area (Å²) in [5, 5.41) is 12.2. The van der Waals surface area contributed by atoms with E-state index in [9.17, 15) is 14.7 Å². The van der Waals surface area contributed by atoms with E-state index in [0.717, 1.165) is 6.42 Å². The second-order valence-corrected chi connectivity index (χ2v) is 5.80. The lowest BCUT2D eigenvalue weighted by molar-refractivity contribution is -0.153. The number of hydrogen-bond donors (Lipinski definition) is 2. The van der Waals surface area contributed by atoms with Crippen LogP contribution in [0.3, 0.4) is 0 Å². The molecule has 0 aromatic rings. The van der Waals surface area contributed by atoms with Gasteiger partial charge in [0.15, 0.2) is 0 Å². The Labute approximate surface area is 110 Å². The van der Waals surface area contributed by atoms with Gasteiger partial charge >= 0.3 is 5.97 Å². The first-order chi connectivity index (χ1) is 8.15. The molecular formula is C14H27NO3. The number of carboxylic acids is 1. The van der Waals surface area contributed by atoms with E-state index < -0.39 is 11.4 Å². The Kier molecular flexibility index (Phi) is 6.36. The molecule has 0 aromatic carbocycles. The monoisotopic (exact) mass is 257 g/mol. The van der Waals surface area contributed by atoms with Gasteiger partial charge in [-0.15, -0.1) is 0 Å². The number of carbonyl (C=O) groups excluding carboxylic acids is 1. The first-order valence-electron chi connectivity index (χ1n) is 6.67. The molecule has 0 saturated heterocycles. The van der Waals surface area contributed by atoms with Crippen LogP contribution >= 0.6 is 0 Å². The normalized spacial score (nSPS) is 17.9. The van der Waals surface area contributed by atoms with E-state index in [1.165, 1.54) is 0 Å². The molecule has 106 valence electrons. The maximum absolute atomic E-state index is 11.9. The summed E-state index contributed by atoms with van der Waals surface area (Å²) < 4.78 is 0. The van der Waals surface area contributed by atoms with Crippen LogP contribution in [0.5, 0.6) is 0 Å². The highest BCUT2D eigenvalue weighted by Crippen LogP contribution is 2.31. The lowest BCUT2D eigenvalue weighted by Gasteiger charge is -2.29. The number of rotatable bonds is 7. The van der Waals surface area contributed by atoms with Gasteiger partial charge in [0, 0.05) is 12.5 Å². The average molecular weight is 257 g/mol. The summed E-state index contributed by atoms with van der Waals surface area (Å²) in [4.78, 5) is 23.2. The van der Waals surface area contributed by atoms with E-state index in [2.05, 4.69) is 19.2 Å². The molecule has 0 fully saturated rings. The first-order valence-corrected chi connectivity index (χ1v) is 6.67. The van der Waals surface area contributed by atoms with Crippen LogP contribution < -0.4 is 5.32 Å². The molecule has 2 N–H and O–H groups in total. The largest absolute Gasteiger partial charge is 0.481 e. The van der Waals surface area contributed by atoms with Crippen molar-refractivity contribution in [2.45, 2.75) is 60.4 Å². The van der Waals surface area contributed by atoms with Crippen molar-refractivity contribution >= 4 is 11.9 Å². The third kappa shape index (κ3) is 4.31. The Morgan fingerprint density at radius 2 is 1.72 bits per heavy atom. The summed E-state index contributed by atoms with van der Waals surface area (Å²) in [6.07, 6.45) is 1.02. The minimum absolute atomic E-state index is 0.0285. The quantitative estimate of drug-likeness (QED) is 0.737. The molecule has 4 nitrogen and oxygen atoms in total. The first kappa shape index (κ1) is 16.9. The Balaban J connectivity index is 4.59. The van der Waals surface area contributed by atoms with Crippen molar-refractivity contribution in [3.63, 3.8) is 0 Å². The molecule has 0 heterocycles. The molecule has 0 spiro atoms. The topological polar surface area (TPSA) is 66.4 Å². The lowest BCUT2D eigenvalue weighted by atomic mass is 9.76. The molecule has 0 bridgehead atoms. The summed E-state index contributed by atoms with van der Waals surface area (Å²) in [7, 11) is 0. The third-order valence-electron chi connectivity index (χ3n) is 4.18. The second-order valence-electron chi connectivity index (χ2n) is 5.80. The molecule has 0 aromatic heterocycles. The van der Waals surface area contributed by atoms with Crippen LogP contribution in [0.1, 0.15) is 54.4 Å². The Hall–Kier alpha value is -1.06. The van der Waals surface area contributed by atoms with E-state index in [1.54, 1.807) is 6.92 Å². The lowest BCUT2D eigenvalue weighted by Crippen LogP contribution is -2.43. The van der Waals surface area contributed by atoms with Gasteiger partial charge in [-0.3, -0.25) is 9.59 Å². The fraction of sp³-hybridized carbons (Fsp3) is 0.857. The van der Waals surface area contributed by atoms with Crippen molar-refractivity contribution in [1.82, 2.24) is 5.32 Å². The molecule has 4 heteroatoms.